The quantitative estimate of drug-likeness (QED) is 0.767. The molecule has 1 amide bonds. The third kappa shape index (κ3) is 3.15. The third-order valence-corrected chi connectivity index (χ3v) is 5.13. The molecule has 25 heavy (non-hydrogen) atoms. The number of fused-ring (bicyclic) bond motifs is 1. The minimum absolute atomic E-state index is 0.0723. The number of carbonyl (C=O) groups is 1. The van der Waals surface area contributed by atoms with Crippen LogP contribution in [0.1, 0.15) is 16.8 Å². The van der Waals surface area contributed by atoms with Crippen LogP contribution in [0, 0.1) is 0 Å². The molecule has 0 unspecified atom stereocenters. The monoisotopic (exact) mass is 354 g/mol. The molecule has 1 fully saturated rings. The largest absolute Gasteiger partial charge is 0.340 e. The van der Waals surface area contributed by atoms with Crippen LogP contribution in [-0.2, 0) is 0 Å². The van der Waals surface area contributed by atoms with Crippen molar-refractivity contribution >= 4 is 34.1 Å². The lowest BCUT2D eigenvalue weighted by Gasteiger charge is -2.22. The molecular formula is C18H18N4O2S. The summed E-state index contributed by atoms with van der Waals surface area (Å²) in [7, 11) is 0. The lowest BCUT2D eigenvalue weighted by Crippen LogP contribution is -2.35. The van der Waals surface area contributed by atoms with Crippen LogP contribution >= 0.6 is 11.3 Å². The molecule has 128 valence electrons. The van der Waals surface area contributed by atoms with Crippen LogP contribution in [0.15, 0.2) is 45.9 Å². The second kappa shape index (κ2) is 6.68. The number of rotatable bonds is 2. The summed E-state index contributed by atoms with van der Waals surface area (Å²) in [6, 6.07) is 9.19. The summed E-state index contributed by atoms with van der Waals surface area (Å²) in [6.45, 7) is 2.74. The van der Waals surface area contributed by atoms with Gasteiger partial charge in [0.2, 0.25) is 5.95 Å². The summed E-state index contributed by atoms with van der Waals surface area (Å²) < 4.78 is 0. The highest BCUT2D eigenvalue weighted by atomic mass is 32.1. The van der Waals surface area contributed by atoms with Crippen molar-refractivity contribution in [2.75, 3.05) is 31.1 Å². The van der Waals surface area contributed by atoms with E-state index in [1.165, 1.54) is 11.3 Å². The van der Waals surface area contributed by atoms with Crippen LogP contribution in [0.25, 0.3) is 10.9 Å². The average molecular weight is 354 g/mol. The number of nitrogens with one attached hydrogen (secondary N) is 1. The predicted molar refractivity (Wildman–Crippen MR) is 99.4 cm³/mol. The standard InChI is InChI=1S/C18H18N4O2S/c23-16-14-4-1-2-5-15(14)19-18(20-16)22-8-3-7-21(9-10-22)17(24)13-6-11-25-12-13/h1-2,4-6,11-12H,3,7-10H2,(H,19,20,23). The maximum absolute atomic E-state index is 12.5. The van der Waals surface area contributed by atoms with Crippen molar-refractivity contribution < 1.29 is 4.79 Å². The van der Waals surface area contributed by atoms with Crippen LogP contribution in [0.3, 0.4) is 0 Å². The summed E-state index contributed by atoms with van der Waals surface area (Å²) in [5, 5.41) is 4.39. The summed E-state index contributed by atoms with van der Waals surface area (Å²) in [6.07, 6.45) is 0.840. The van der Waals surface area contributed by atoms with Crippen molar-refractivity contribution in [2.45, 2.75) is 6.42 Å². The second-order valence-electron chi connectivity index (χ2n) is 6.05. The molecule has 0 radical (unpaired) electrons. The number of thiophene rings is 1. The van der Waals surface area contributed by atoms with E-state index in [0.717, 1.165) is 18.5 Å². The highest BCUT2D eigenvalue weighted by Crippen LogP contribution is 2.16. The Labute approximate surface area is 148 Å². The molecule has 1 aromatic carbocycles. The van der Waals surface area contributed by atoms with E-state index in [4.69, 9.17) is 0 Å². The zero-order valence-corrected chi connectivity index (χ0v) is 14.5. The number of hydrogen-bond acceptors (Lipinski definition) is 5. The first kappa shape index (κ1) is 15.8. The molecular weight excluding hydrogens is 336 g/mol. The van der Waals surface area contributed by atoms with Gasteiger partial charge in [0.05, 0.1) is 16.5 Å². The first-order chi connectivity index (χ1) is 12.2. The second-order valence-corrected chi connectivity index (χ2v) is 6.83. The van der Waals surface area contributed by atoms with E-state index in [0.29, 0.717) is 36.5 Å². The molecule has 4 rings (SSSR count). The van der Waals surface area contributed by atoms with E-state index in [9.17, 15) is 9.59 Å². The smallest absolute Gasteiger partial charge is 0.260 e. The van der Waals surface area contributed by atoms with E-state index in [1.807, 2.05) is 39.9 Å². The molecule has 1 saturated heterocycles. The van der Waals surface area contributed by atoms with Crippen LogP contribution in [0.5, 0.6) is 0 Å². The van der Waals surface area contributed by atoms with Gasteiger partial charge in [-0.25, -0.2) is 4.98 Å². The van der Waals surface area contributed by atoms with Gasteiger partial charge in [-0.05, 0) is 30.0 Å². The van der Waals surface area contributed by atoms with Crippen molar-refractivity contribution in [3.8, 4) is 0 Å². The molecule has 7 heteroatoms. The van der Waals surface area contributed by atoms with Gasteiger partial charge in [-0.15, -0.1) is 0 Å². The number of H-pyrrole nitrogens is 1. The zero-order chi connectivity index (χ0) is 17.2. The lowest BCUT2D eigenvalue weighted by molar-refractivity contribution is 0.0767. The van der Waals surface area contributed by atoms with Crippen LogP contribution in [0.4, 0.5) is 5.95 Å². The molecule has 0 aliphatic carbocycles. The molecule has 2 aromatic heterocycles. The molecule has 1 aliphatic heterocycles. The molecule has 0 atom stereocenters. The fourth-order valence-electron chi connectivity index (χ4n) is 3.12. The van der Waals surface area contributed by atoms with Crippen LogP contribution < -0.4 is 10.5 Å². The fourth-order valence-corrected chi connectivity index (χ4v) is 3.75. The number of para-hydroxylation sites is 1. The Kier molecular flexibility index (Phi) is 4.23. The normalized spacial score (nSPS) is 15.4. The molecule has 3 heterocycles. The first-order valence-electron chi connectivity index (χ1n) is 8.28. The van der Waals surface area contributed by atoms with Crippen molar-refractivity contribution in [3.05, 3.63) is 57.0 Å². The zero-order valence-electron chi connectivity index (χ0n) is 13.6. The number of aromatic amines is 1. The van der Waals surface area contributed by atoms with Crippen molar-refractivity contribution in [2.24, 2.45) is 0 Å². The van der Waals surface area contributed by atoms with E-state index in [1.54, 1.807) is 6.07 Å². The van der Waals surface area contributed by atoms with Gasteiger partial charge in [-0.2, -0.15) is 11.3 Å². The van der Waals surface area contributed by atoms with Gasteiger partial charge in [0.25, 0.3) is 11.5 Å². The van der Waals surface area contributed by atoms with E-state index < -0.39 is 0 Å². The predicted octanol–water partition coefficient (Wildman–Crippen LogP) is 2.34. The third-order valence-electron chi connectivity index (χ3n) is 4.45. The fraction of sp³-hybridized carbons (Fsp3) is 0.278. The van der Waals surface area contributed by atoms with Crippen molar-refractivity contribution in [3.63, 3.8) is 0 Å². The summed E-state index contributed by atoms with van der Waals surface area (Å²) >= 11 is 1.53. The van der Waals surface area contributed by atoms with Gasteiger partial charge in [-0.3, -0.25) is 14.6 Å². The Morgan fingerprint density at radius 2 is 2.00 bits per heavy atom. The number of amides is 1. The molecule has 0 saturated carbocycles. The minimum atomic E-state index is -0.129. The minimum Gasteiger partial charge on any atom is -0.340 e. The van der Waals surface area contributed by atoms with E-state index in [2.05, 4.69) is 14.9 Å². The first-order valence-corrected chi connectivity index (χ1v) is 9.22. The molecule has 3 aromatic rings. The Morgan fingerprint density at radius 3 is 2.84 bits per heavy atom. The van der Waals surface area contributed by atoms with Crippen molar-refractivity contribution in [1.29, 1.82) is 0 Å². The van der Waals surface area contributed by atoms with Gasteiger partial charge < -0.3 is 9.80 Å². The number of carbonyl (C=O) groups excluding carboxylic acids is 1. The van der Waals surface area contributed by atoms with E-state index in [-0.39, 0.29) is 11.5 Å². The van der Waals surface area contributed by atoms with Crippen LogP contribution in [-0.4, -0.2) is 47.0 Å². The van der Waals surface area contributed by atoms with Gasteiger partial charge in [0.15, 0.2) is 0 Å². The number of nitrogens with zero attached hydrogens (tertiary/aromatic N) is 3. The Balaban J connectivity index is 1.55. The number of anilines is 1. The molecule has 0 spiro atoms. The SMILES string of the molecule is O=C(c1ccsc1)N1CCCN(c2nc3ccccc3c(=O)[nH]2)CC1. The topological polar surface area (TPSA) is 69.3 Å². The van der Waals surface area contributed by atoms with Gasteiger partial charge in [-0.1, -0.05) is 12.1 Å². The highest BCUT2D eigenvalue weighted by molar-refractivity contribution is 7.08. The van der Waals surface area contributed by atoms with Gasteiger partial charge >= 0.3 is 0 Å². The molecule has 6 nitrogen and oxygen atoms in total. The number of hydrogen-bond donors (Lipinski definition) is 1. The number of aromatic nitrogens is 2. The van der Waals surface area contributed by atoms with Gasteiger partial charge in [0.1, 0.15) is 0 Å². The molecule has 1 aliphatic rings. The van der Waals surface area contributed by atoms with E-state index >= 15 is 0 Å². The summed E-state index contributed by atoms with van der Waals surface area (Å²) in [5.74, 6) is 0.650. The Bertz CT molecular complexity index is 951. The Morgan fingerprint density at radius 1 is 1.12 bits per heavy atom. The highest BCUT2D eigenvalue weighted by Gasteiger charge is 2.21. The van der Waals surface area contributed by atoms with Gasteiger partial charge in [0, 0.05) is 31.6 Å². The number of benzene rings is 1. The van der Waals surface area contributed by atoms with Crippen LogP contribution in [0.2, 0.25) is 0 Å². The lowest BCUT2D eigenvalue weighted by atomic mass is 10.2. The molecule has 0 bridgehead atoms. The maximum atomic E-state index is 12.5. The summed E-state index contributed by atoms with van der Waals surface area (Å²) in [4.78, 5) is 36.2. The Hall–Kier alpha value is -2.67. The maximum Gasteiger partial charge on any atom is 0.260 e. The van der Waals surface area contributed by atoms with Crippen molar-refractivity contribution in [1.82, 2.24) is 14.9 Å². The summed E-state index contributed by atoms with van der Waals surface area (Å²) in [5.41, 5.74) is 1.31. The average Bonchev–Trinajstić information content (AvgIpc) is 3.05. The molecule has 1 N–H and O–H groups in total.